The van der Waals surface area contributed by atoms with Crippen molar-refractivity contribution in [1.29, 1.82) is 0 Å². The van der Waals surface area contributed by atoms with Gasteiger partial charge in [0.15, 0.2) is 0 Å². The first kappa shape index (κ1) is 16.5. The number of nitrogens with zero attached hydrogens (tertiary/aromatic N) is 3. The van der Waals surface area contributed by atoms with Crippen LogP contribution in [-0.2, 0) is 19.5 Å². The minimum Gasteiger partial charge on any atom is -0.395 e. The number of rotatable bonds is 8. The smallest absolute Gasteiger partial charge is 0.251 e. The summed E-state index contributed by atoms with van der Waals surface area (Å²) < 4.78 is 27.7. The van der Waals surface area contributed by atoms with Crippen LogP contribution in [0.3, 0.4) is 0 Å². The van der Waals surface area contributed by atoms with Crippen LogP contribution in [0.25, 0.3) is 0 Å². The van der Waals surface area contributed by atoms with Gasteiger partial charge in [0, 0.05) is 19.6 Å². The van der Waals surface area contributed by atoms with Crippen LogP contribution in [0.5, 0.6) is 0 Å². The second kappa shape index (κ2) is 7.91. The molecule has 110 valence electrons. The van der Waals surface area contributed by atoms with Crippen molar-refractivity contribution in [2.75, 3.05) is 19.7 Å². The van der Waals surface area contributed by atoms with Gasteiger partial charge in [-0.25, -0.2) is 8.78 Å². The van der Waals surface area contributed by atoms with E-state index in [9.17, 15) is 8.78 Å². The van der Waals surface area contributed by atoms with E-state index >= 15 is 0 Å². The Morgan fingerprint density at radius 1 is 1.42 bits per heavy atom. The first-order valence-electron chi connectivity index (χ1n) is 6.38. The zero-order chi connectivity index (χ0) is 14.4. The van der Waals surface area contributed by atoms with Gasteiger partial charge in [0.25, 0.3) is 6.43 Å². The lowest BCUT2D eigenvalue weighted by Gasteiger charge is -2.21. The van der Waals surface area contributed by atoms with Gasteiger partial charge in [0.1, 0.15) is 0 Å². The molecule has 0 saturated heterocycles. The minimum atomic E-state index is -2.41. The maximum atomic E-state index is 12.5. The number of aliphatic hydroxyl groups is 1. The fraction of sp³-hybridized carbons (Fsp3) is 0.750. The molecule has 0 radical (unpaired) electrons. The molecule has 0 aromatic carbocycles. The monoisotopic (exact) mass is 339 g/mol. The molecule has 0 atom stereocenters. The molecule has 0 aliphatic heterocycles. The summed E-state index contributed by atoms with van der Waals surface area (Å²) in [6.07, 6.45) is -1.62. The second-order valence-corrected chi connectivity index (χ2v) is 5.02. The quantitative estimate of drug-likeness (QED) is 0.790. The fourth-order valence-corrected chi connectivity index (χ4v) is 2.64. The Bertz CT molecular complexity index is 399. The molecule has 1 N–H and O–H groups in total. The zero-order valence-electron chi connectivity index (χ0n) is 11.2. The Labute approximate surface area is 120 Å². The molecule has 0 bridgehead atoms. The third-order valence-corrected chi connectivity index (χ3v) is 3.80. The SMILES string of the molecule is CCc1nn(CC)c(CN(CCO)CC(F)F)c1Br. The van der Waals surface area contributed by atoms with Crippen molar-refractivity contribution in [1.82, 2.24) is 14.7 Å². The number of hydrogen-bond donors (Lipinski definition) is 1. The molecule has 0 aliphatic rings. The van der Waals surface area contributed by atoms with Crippen LogP contribution in [0.2, 0.25) is 0 Å². The van der Waals surface area contributed by atoms with Gasteiger partial charge in [-0.3, -0.25) is 9.58 Å². The highest BCUT2D eigenvalue weighted by molar-refractivity contribution is 9.10. The van der Waals surface area contributed by atoms with Gasteiger partial charge in [-0.2, -0.15) is 5.10 Å². The summed E-state index contributed by atoms with van der Waals surface area (Å²) in [5.74, 6) is 0. The van der Waals surface area contributed by atoms with Gasteiger partial charge < -0.3 is 5.11 Å². The van der Waals surface area contributed by atoms with E-state index in [1.54, 1.807) is 0 Å². The number of aliphatic hydroxyl groups excluding tert-OH is 1. The third-order valence-electron chi connectivity index (χ3n) is 2.88. The number of hydrogen-bond acceptors (Lipinski definition) is 3. The van der Waals surface area contributed by atoms with Crippen LogP contribution in [0.15, 0.2) is 4.47 Å². The van der Waals surface area contributed by atoms with E-state index in [-0.39, 0.29) is 19.7 Å². The molecule has 1 rings (SSSR count). The normalized spacial score (nSPS) is 11.8. The summed E-state index contributed by atoms with van der Waals surface area (Å²) in [6, 6.07) is 0. The van der Waals surface area contributed by atoms with Gasteiger partial charge in [-0.15, -0.1) is 0 Å². The standard InChI is InChI=1S/C12H20BrF2N3O/c1-3-9-12(13)10(18(4-2)16-9)7-17(5-6-19)8-11(14)15/h11,19H,3-8H2,1-2H3. The maximum absolute atomic E-state index is 12.5. The predicted octanol–water partition coefficient (Wildman–Crippen LogP) is 2.29. The van der Waals surface area contributed by atoms with Crippen LogP contribution in [0.4, 0.5) is 8.78 Å². The third kappa shape index (κ3) is 4.50. The molecule has 0 amide bonds. The van der Waals surface area contributed by atoms with E-state index in [0.717, 1.165) is 22.3 Å². The highest BCUT2D eigenvalue weighted by Gasteiger charge is 2.19. The highest BCUT2D eigenvalue weighted by Crippen LogP contribution is 2.23. The molecular weight excluding hydrogens is 320 g/mol. The van der Waals surface area contributed by atoms with E-state index in [4.69, 9.17) is 5.11 Å². The summed E-state index contributed by atoms with van der Waals surface area (Å²) >= 11 is 3.49. The van der Waals surface area contributed by atoms with Crippen molar-refractivity contribution in [2.45, 2.75) is 39.8 Å². The molecule has 0 aliphatic carbocycles. The van der Waals surface area contributed by atoms with Crippen LogP contribution in [0, 0.1) is 0 Å². The van der Waals surface area contributed by atoms with Crippen molar-refractivity contribution < 1.29 is 13.9 Å². The Balaban J connectivity index is 2.91. The number of aryl methyl sites for hydroxylation is 2. The van der Waals surface area contributed by atoms with E-state index in [1.165, 1.54) is 4.90 Å². The van der Waals surface area contributed by atoms with E-state index < -0.39 is 6.43 Å². The predicted molar refractivity (Wildman–Crippen MR) is 73.3 cm³/mol. The lowest BCUT2D eigenvalue weighted by molar-refractivity contribution is 0.0732. The average molecular weight is 340 g/mol. The van der Waals surface area contributed by atoms with E-state index in [0.29, 0.717) is 13.1 Å². The topological polar surface area (TPSA) is 41.3 Å². The van der Waals surface area contributed by atoms with Crippen molar-refractivity contribution in [3.05, 3.63) is 15.9 Å². The molecule has 0 unspecified atom stereocenters. The highest BCUT2D eigenvalue weighted by atomic mass is 79.9. The number of halogens is 3. The Morgan fingerprint density at radius 3 is 2.58 bits per heavy atom. The zero-order valence-corrected chi connectivity index (χ0v) is 12.8. The van der Waals surface area contributed by atoms with Gasteiger partial charge >= 0.3 is 0 Å². The van der Waals surface area contributed by atoms with Crippen molar-refractivity contribution in [3.8, 4) is 0 Å². The van der Waals surface area contributed by atoms with Gasteiger partial charge in [-0.05, 0) is 29.3 Å². The molecule has 1 aromatic heterocycles. The van der Waals surface area contributed by atoms with E-state index in [1.807, 2.05) is 18.5 Å². The second-order valence-electron chi connectivity index (χ2n) is 4.23. The lowest BCUT2D eigenvalue weighted by atomic mass is 10.3. The molecule has 19 heavy (non-hydrogen) atoms. The van der Waals surface area contributed by atoms with Crippen LogP contribution < -0.4 is 0 Å². The van der Waals surface area contributed by atoms with Crippen LogP contribution >= 0.6 is 15.9 Å². The molecule has 0 saturated carbocycles. The van der Waals surface area contributed by atoms with Crippen LogP contribution in [-0.4, -0.2) is 45.9 Å². The average Bonchev–Trinajstić information content (AvgIpc) is 2.66. The molecule has 7 heteroatoms. The summed E-state index contributed by atoms with van der Waals surface area (Å²) in [5, 5.41) is 13.4. The summed E-state index contributed by atoms with van der Waals surface area (Å²) in [4.78, 5) is 1.54. The van der Waals surface area contributed by atoms with E-state index in [2.05, 4.69) is 21.0 Å². The molecule has 0 spiro atoms. The molecule has 0 fully saturated rings. The Kier molecular flexibility index (Phi) is 6.88. The first-order valence-corrected chi connectivity index (χ1v) is 7.18. The summed E-state index contributed by atoms with van der Waals surface area (Å²) in [5.41, 5.74) is 1.81. The number of aromatic nitrogens is 2. The Hall–Kier alpha value is -0.530. The molecular formula is C12H20BrF2N3O. The van der Waals surface area contributed by atoms with Crippen molar-refractivity contribution >= 4 is 15.9 Å². The van der Waals surface area contributed by atoms with Crippen molar-refractivity contribution in [3.63, 3.8) is 0 Å². The summed E-state index contributed by atoms with van der Waals surface area (Å²) in [7, 11) is 0. The minimum absolute atomic E-state index is 0.134. The first-order chi connectivity index (χ1) is 9.03. The molecule has 1 aromatic rings. The largest absolute Gasteiger partial charge is 0.395 e. The molecule has 4 nitrogen and oxygen atoms in total. The van der Waals surface area contributed by atoms with Gasteiger partial charge in [0.2, 0.25) is 0 Å². The molecule has 1 heterocycles. The maximum Gasteiger partial charge on any atom is 0.251 e. The fourth-order valence-electron chi connectivity index (χ4n) is 1.95. The van der Waals surface area contributed by atoms with Gasteiger partial charge in [0.05, 0.1) is 29.0 Å². The Morgan fingerprint density at radius 2 is 2.11 bits per heavy atom. The van der Waals surface area contributed by atoms with Gasteiger partial charge in [-0.1, -0.05) is 6.92 Å². The lowest BCUT2D eigenvalue weighted by Crippen LogP contribution is -2.32. The van der Waals surface area contributed by atoms with Crippen LogP contribution in [0.1, 0.15) is 25.2 Å². The van der Waals surface area contributed by atoms with Crippen molar-refractivity contribution in [2.24, 2.45) is 0 Å². The number of alkyl halides is 2. The summed E-state index contributed by atoms with van der Waals surface area (Å²) in [6.45, 7) is 4.76.